The Bertz CT molecular complexity index is 1600. The summed E-state index contributed by atoms with van der Waals surface area (Å²) in [5.41, 5.74) is 11.5. The third kappa shape index (κ3) is 4.98. The Balaban J connectivity index is 1.39. The maximum Gasteiger partial charge on any atom is 0.0702 e. The Labute approximate surface area is 224 Å². The highest BCUT2D eigenvalue weighted by Gasteiger charge is 2.11. The van der Waals surface area contributed by atoms with Crippen LogP contribution in [0.4, 0.5) is 11.4 Å². The lowest BCUT2D eigenvalue weighted by atomic mass is 9.97. The van der Waals surface area contributed by atoms with E-state index in [0.717, 1.165) is 22.6 Å². The van der Waals surface area contributed by atoms with E-state index in [1.807, 2.05) is 24.4 Å². The minimum Gasteiger partial charge on any atom is -0.345 e. The van der Waals surface area contributed by atoms with Crippen molar-refractivity contribution in [3.05, 3.63) is 152 Å². The van der Waals surface area contributed by atoms with Crippen LogP contribution in [-0.2, 0) is 0 Å². The van der Waals surface area contributed by atoms with Gasteiger partial charge in [0.15, 0.2) is 0 Å². The van der Waals surface area contributed by atoms with Crippen molar-refractivity contribution in [2.75, 3.05) is 11.9 Å². The van der Waals surface area contributed by atoms with Crippen LogP contribution in [0.2, 0.25) is 0 Å². The van der Waals surface area contributed by atoms with Gasteiger partial charge in [0.2, 0.25) is 0 Å². The molecule has 2 nitrogen and oxygen atoms in total. The topological polar surface area (TPSA) is 16.1 Å². The first kappa shape index (κ1) is 23.4. The van der Waals surface area contributed by atoms with Gasteiger partial charge in [-0.2, -0.15) is 0 Å². The Hall–Kier alpha value is -4.95. The van der Waals surface area contributed by atoms with Gasteiger partial charge in [-0.05, 0) is 81.9 Å². The van der Waals surface area contributed by atoms with Crippen LogP contribution < -0.4 is 4.90 Å². The number of benzene rings is 5. The van der Waals surface area contributed by atoms with Crippen molar-refractivity contribution < 1.29 is 0 Å². The number of pyridine rings is 1. The van der Waals surface area contributed by atoms with Crippen molar-refractivity contribution in [2.45, 2.75) is 0 Å². The second-order valence-electron chi connectivity index (χ2n) is 9.41. The van der Waals surface area contributed by atoms with Crippen LogP contribution in [0.25, 0.3) is 44.6 Å². The molecule has 6 aromatic rings. The minimum absolute atomic E-state index is 0.980. The van der Waals surface area contributed by atoms with E-state index < -0.39 is 0 Å². The second-order valence-corrected chi connectivity index (χ2v) is 9.41. The van der Waals surface area contributed by atoms with Crippen molar-refractivity contribution in [1.82, 2.24) is 4.98 Å². The molecule has 0 fully saturated rings. The molecule has 0 bridgehead atoms. The third-order valence-corrected chi connectivity index (χ3v) is 6.91. The molecule has 0 N–H and O–H groups in total. The van der Waals surface area contributed by atoms with Crippen molar-refractivity contribution in [1.29, 1.82) is 0 Å². The van der Waals surface area contributed by atoms with Gasteiger partial charge >= 0.3 is 0 Å². The van der Waals surface area contributed by atoms with Gasteiger partial charge in [0.05, 0.1) is 5.69 Å². The molecule has 0 saturated heterocycles. The van der Waals surface area contributed by atoms with Crippen molar-refractivity contribution in [3.63, 3.8) is 0 Å². The Kier molecular flexibility index (Phi) is 6.53. The minimum atomic E-state index is 0.980. The van der Waals surface area contributed by atoms with E-state index in [1.54, 1.807) is 0 Å². The molecule has 0 unspecified atom stereocenters. The van der Waals surface area contributed by atoms with Crippen molar-refractivity contribution in [3.8, 4) is 44.6 Å². The fourth-order valence-corrected chi connectivity index (χ4v) is 4.83. The van der Waals surface area contributed by atoms with Crippen LogP contribution in [0.15, 0.2) is 152 Å². The first-order chi connectivity index (χ1) is 18.7. The highest BCUT2D eigenvalue weighted by atomic mass is 15.1. The van der Waals surface area contributed by atoms with Gasteiger partial charge in [0.25, 0.3) is 0 Å². The molecule has 0 aliphatic heterocycles. The van der Waals surface area contributed by atoms with Gasteiger partial charge in [-0.15, -0.1) is 0 Å². The van der Waals surface area contributed by atoms with Gasteiger partial charge in [-0.1, -0.05) is 97.1 Å². The van der Waals surface area contributed by atoms with Crippen LogP contribution in [0.5, 0.6) is 0 Å². The summed E-state index contributed by atoms with van der Waals surface area (Å²) in [6, 6.07) is 51.3. The van der Waals surface area contributed by atoms with Crippen molar-refractivity contribution >= 4 is 11.4 Å². The van der Waals surface area contributed by atoms with Crippen molar-refractivity contribution in [2.24, 2.45) is 0 Å². The van der Waals surface area contributed by atoms with E-state index >= 15 is 0 Å². The molecule has 0 amide bonds. The SMILES string of the molecule is CN(c1cccc(-c2cccc(-c3ccccn3)c2)c1)c1cc(-c2ccccc2)cc(-c2ccccc2)c1. The number of anilines is 2. The lowest BCUT2D eigenvalue weighted by Crippen LogP contribution is -2.09. The zero-order chi connectivity index (χ0) is 25.7. The van der Waals surface area contributed by atoms with E-state index in [1.165, 1.54) is 33.4 Å². The smallest absolute Gasteiger partial charge is 0.0702 e. The lowest BCUT2D eigenvalue weighted by molar-refractivity contribution is 1.21. The first-order valence-corrected chi connectivity index (χ1v) is 12.9. The van der Waals surface area contributed by atoms with Crippen LogP contribution in [0.3, 0.4) is 0 Å². The van der Waals surface area contributed by atoms with Crippen LogP contribution in [-0.4, -0.2) is 12.0 Å². The molecule has 6 rings (SSSR count). The molecule has 2 heteroatoms. The molecule has 0 saturated carbocycles. The Morgan fingerprint density at radius 3 is 1.53 bits per heavy atom. The standard InChI is InChI=1S/C36H28N2/c1-38(34-19-11-17-30(24-34)29-16-10-18-31(22-29)36-20-8-9-21-37-36)35-25-32(27-12-4-2-5-13-27)23-33(26-35)28-14-6-3-7-15-28/h2-26H,1H3. The molecule has 1 heterocycles. The average Bonchev–Trinajstić information content (AvgIpc) is 3.02. The van der Waals surface area contributed by atoms with E-state index in [2.05, 4.69) is 144 Å². The highest BCUT2D eigenvalue weighted by molar-refractivity contribution is 5.81. The predicted molar refractivity (Wildman–Crippen MR) is 160 cm³/mol. The molecule has 0 spiro atoms. The number of hydrogen-bond acceptors (Lipinski definition) is 2. The molecule has 38 heavy (non-hydrogen) atoms. The summed E-state index contributed by atoms with van der Waals surface area (Å²) in [5.74, 6) is 0. The molecule has 1 aromatic heterocycles. The molecule has 0 radical (unpaired) electrons. The molecule has 5 aromatic carbocycles. The molecule has 0 aliphatic rings. The molecule has 0 atom stereocenters. The summed E-state index contributed by atoms with van der Waals surface area (Å²) in [6.07, 6.45) is 1.84. The summed E-state index contributed by atoms with van der Waals surface area (Å²) < 4.78 is 0. The number of nitrogens with zero attached hydrogens (tertiary/aromatic N) is 2. The summed E-state index contributed by atoms with van der Waals surface area (Å²) in [7, 11) is 2.14. The zero-order valence-corrected chi connectivity index (χ0v) is 21.3. The largest absolute Gasteiger partial charge is 0.345 e. The summed E-state index contributed by atoms with van der Waals surface area (Å²) in [6.45, 7) is 0. The van der Waals surface area contributed by atoms with Gasteiger partial charge < -0.3 is 4.90 Å². The Morgan fingerprint density at radius 2 is 0.895 bits per heavy atom. The van der Waals surface area contributed by atoms with Gasteiger partial charge in [-0.3, -0.25) is 4.98 Å². The summed E-state index contributed by atoms with van der Waals surface area (Å²) >= 11 is 0. The van der Waals surface area contributed by atoms with Gasteiger partial charge in [-0.25, -0.2) is 0 Å². The molecular formula is C36H28N2. The zero-order valence-electron chi connectivity index (χ0n) is 21.3. The van der Waals surface area contributed by atoms with Crippen LogP contribution >= 0.6 is 0 Å². The second kappa shape index (κ2) is 10.6. The quantitative estimate of drug-likeness (QED) is 0.232. The maximum atomic E-state index is 4.53. The van der Waals surface area contributed by atoms with Crippen LogP contribution in [0.1, 0.15) is 0 Å². The predicted octanol–water partition coefficient (Wildman–Crippen LogP) is 9.52. The van der Waals surface area contributed by atoms with E-state index in [-0.39, 0.29) is 0 Å². The maximum absolute atomic E-state index is 4.53. The molecule has 182 valence electrons. The number of hydrogen-bond donors (Lipinski definition) is 0. The van der Waals surface area contributed by atoms with Gasteiger partial charge in [0, 0.05) is 30.2 Å². The fraction of sp³-hybridized carbons (Fsp3) is 0.0278. The number of rotatable bonds is 6. The monoisotopic (exact) mass is 488 g/mol. The van der Waals surface area contributed by atoms with E-state index in [4.69, 9.17) is 0 Å². The van der Waals surface area contributed by atoms with E-state index in [9.17, 15) is 0 Å². The fourth-order valence-electron chi connectivity index (χ4n) is 4.83. The van der Waals surface area contributed by atoms with Crippen LogP contribution in [0, 0.1) is 0 Å². The Morgan fingerprint density at radius 1 is 0.395 bits per heavy atom. The third-order valence-electron chi connectivity index (χ3n) is 6.91. The normalized spacial score (nSPS) is 10.8. The highest BCUT2D eigenvalue weighted by Crippen LogP contribution is 2.35. The molecule has 0 aliphatic carbocycles. The number of aromatic nitrogens is 1. The van der Waals surface area contributed by atoms with Gasteiger partial charge in [0.1, 0.15) is 0 Å². The van der Waals surface area contributed by atoms with E-state index in [0.29, 0.717) is 0 Å². The first-order valence-electron chi connectivity index (χ1n) is 12.9. The lowest BCUT2D eigenvalue weighted by Gasteiger charge is -2.22. The summed E-state index contributed by atoms with van der Waals surface area (Å²) in [4.78, 5) is 6.80. The average molecular weight is 489 g/mol. The summed E-state index contributed by atoms with van der Waals surface area (Å²) in [5, 5.41) is 0. The molecular weight excluding hydrogens is 460 g/mol.